The smallest absolute Gasteiger partial charge is 0.268 e. The summed E-state index contributed by atoms with van der Waals surface area (Å²) in [7, 11) is 1.43. The predicted octanol–water partition coefficient (Wildman–Crippen LogP) is 0.613. The van der Waals surface area contributed by atoms with E-state index in [1.165, 1.54) is 31.6 Å². The SMILES string of the molecule is C.COc1cc(C(=O)N[C@H](C(=O)NO)[C@@H](C)O)ccc1C#Cc1ccc(NC(=O)CN)cc1. The lowest BCUT2D eigenvalue weighted by Gasteiger charge is -2.19. The number of amides is 3. The van der Waals surface area contributed by atoms with Crippen molar-refractivity contribution in [3.8, 4) is 17.6 Å². The first-order valence-electron chi connectivity index (χ1n) is 9.52. The van der Waals surface area contributed by atoms with E-state index in [0.29, 0.717) is 22.6 Å². The van der Waals surface area contributed by atoms with Gasteiger partial charge < -0.3 is 26.2 Å². The zero-order valence-electron chi connectivity index (χ0n) is 17.5. The van der Waals surface area contributed by atoms with Crippen molar-refractivity contribution in [1.82, 2.24) is 10.8 Å². The third kappa shape index (κ3) is 7.62. The van der Waals surface area contributed by atoms with Crippen molar-refractivity contribution in [3.63, 3.8) is 0 Å². The summed E-state index contributed by atoms with van der Waals surface area (Å²) in [5.41, 5.74) is 8.64. The van der Waals surface area contributed by atoms with Crippen molar-refractivity contribution < 1.29 is 29.4 Å². The summed E-state index contributed by atoms with van der Waals surface area (Å²) in [6, 6.07) is 10.0. The fourth-order valence-corrected chi connectivity index (χ4v) is 2.62. The molecule has 0 bridgehead atoms. The van der Waals surface area contributed by atoms with E-state index in [0.717, 1.165) is 0 Å². The van der Waals surface area contributed by atoms with Gasteiger partial charge in [-0.25, -0.2) is 5.48 Å². The summed E-state index contributed by atoms with van der Waals surface area (Å²) in [5.74, 6) is 4.36. The molecule has 33 heavy (non-hydrogen) atoms. The average molecular weight is 456 g/mol. The highest BCUT2D eigenvalue weighted by atomic mass is 16.5. The molecular formula is C23H28N4O6. The number of carbonyl (C=O) groups is 3. The van der Waals surface area contributed by atoms with Gasteiger partial charge in [0.05, 0.1) is 25.3 Å². The molecule has 3 amide bonds. The lowest BCUT2D eigenvalue weighted by Crippen LogP contribution is -2.51. The first-order chi connectivity index (χ1) is 15.3. The number of benzene rings is 2. The summed E-state index contributed by atoms with van der Waals surface area (Å²) < 4.78 is 5.31. The molecule has 2 aromatic rings. The second-order valence-corrected chi connectivity index (χ2v) is 6.66. The van der Waals surface area contributed by atoms with E-state index in [9.17, 15) is 19.5 Å². The number of aliphatic hydroxyl groups excluding tert-OH is 1. The summed E-state index contributed by atoms with van der Waals surface area (Å²) in [6.45, 7) is 1.20. The largest absolute Gasteiger partial charge is 0.495 e. The molecule has 2 aromatic carbocycles. The van der Waals surface area contributed by atoms with Crippen molar-refractivity contribution >= 4 is 23.4 Å². The van der Waals surface area contributed by atoms with E-state index in [4.69, 9.17) is 15.7 Å². The van der Waals surface area contributed by atoms with Crippen LogP contribution in [0.4, 0.5) is 5.69 Å². The highest BCUT2D eigenvalue weighted by Crippen LogP contribution is 2.20. The highest BCUT2D eigenvalue weighted by Gasteiger charge is 2.26. The number of hydrogen-bond acceptors (Lipinski definition) is 7. The molecule has 176 valence electrons. The number of rotatable bonds is 7. The first-order valence-corrected chi connectivity index (χ1v) is 9.52. The molecule has 0 unspecified atom stereocenters. The van der Waals surface area contributed by atoms with Crippen molar-refractivity contribution in [2.45, 2.75) is 26.5 Å². The normalized spacial score (nSPS) is 11.5. The van der Waals surface area contributed by atoms with E-state index >= 15 is 0 Å². The fraction of sp³-hybridized carbons (Fsp3) is 0.261. The molecule has 2 rings (SSSR count). The molecule has 2 atom stereocenters. The number of anilines is 1. The van der Waals surface area contributed by atoms with Gasteiger partial charge >= 0.3 is 0 Å². The summed E-state index contributed by atoms with van der Waals surface area (Å²) in [6.07, 6.45) is -1.23. The molecule has 0 saturated carbocycles. The Bertz CT molecular complexity index is 1040. The van der Waals surface area contributed by atoms with Gasteiger partial charge in [0.15, 0.2) is 0 Å². The standard InChI is InChI=1S/C22H24N4O6.CH4/c1-13(27)20(22(30)26-31)25-21(29)16-8-7-15(18(11-16)32-2)6-3-14-4-9-17(10-5-14)24-19(28)12-23;/h4-5,7-11,13,20,27,31H,12,23H2,1-2H3,(H,24,28)(H,25,29)(H,26,30);1H4/t13-,20+;/m1./s1. The number of methoxy groups -OCH3 is 1. The molecular weight excluding hydrogens is 428 g/mol. The topological polar surface area (TPSA) is 163 Å². The Balaban J connectivity index is 0.00000544. The maximum atomic E-state index is 12.5. The Hall–Kier alpha value is -3.91. The third-order valence-corrected chi connectivity index (χ3v) is 4.32. The molecule has 0 fully saturated rings. The minimum atomic E-state index is -1.34. The van der Waals surface area contributed by atoms with Crippen molar-refractivity contribution in [2.24, 2.45) is 5.73 Å². The van der Waals surface area contributed by atoms with Crippen LogP contribution in [0.3, 0.4) is 0 Å². The van der Waals surface area contributed by atoms with Gasteiger partial charge in [-0.05, 0) is 49.4 Å². The van der Waals surface area contributed by atoms with Gasteiger partial charge in [0.1, 0.15) is 11.8 Å². The van der Waals surface area contributed by atoms with Crippen molar-refractivity contribution in [3.05, 3.63) is 59.2 Å². The van der Waals surface area contributed by atoms with E-state index in [-0.39, 0.29) is 25.4 Å². The lowest BCUT2D eigenvalue weighted by atomic mass is 10.1. The number of nitrogens with one attached hydrogen (secondary N) is 3. The molecule has 0 spiro atoms. The van der Waals surface area contributed by atoms with Gasteiger partial charge in [0, 0.05) is 16.8 Å². The molecule has 0 aliphatic heterocycles. The summed E-state index contributed by atoms with van der Waals surface area (Å²) in [4.78, 5) is 35.4. The number of hydrogen-bond donors (Lipinski definition) is 6. The minimum absolute atomic E-state index is 0. The number of aliphatic hydroxyl groups is 1. The fourth-order valence-electron chi connectivity index (χ4n) is 2.62. The number of ether oxygens (including phenoxy) is 1. The minimum Gasteiger partial charge on any atom is -0.495 e. The van der Waals surface area contributed by atoms with Gasteiger partial charge in [-0.3, -0.25) is 19.6 Å². The van der Waals surface area contributed by atoms with Crippen LogP contribution in [0.2, 0.25) is 0 Å². The lowest BCUT2D eigenvalue weighted by molar-refractivity contribution is -0.133. The van der Waals surface area contributed by atoms with Gasteiger partial charge in [0.2, 0.25) is 5.91 Å². The van der Waals surface area contributed by atoms with Crippen molar-refractivity contribution in [2.75, 3.05) is 19.0 Å². The van der Waals surface area contributed by atoms with Crippen molar-refractivity contribution in [1.29, 1.82) is 0 Å². The van der Waals surface area contributed by atoms with E-state index < -0.39 is 24.0 Å². The molecule has 0 saturated heterocycles. The first kappa shape index (κ1) is 27.1. The number of nitrogens with two attached hydrogens (primary N) is 1. The Labute approximate surface area is 192 Å². The third-order valence-electron chi connectivity index (χ3n) is 4.32. The molecule has 0 radical (unpaired) electrons. The Morgan fingerprint density at radius 1 is 1.12 bits per heavy atom. The maximum absolute atomic E-state index is 12.5. The monoisotopic (exact) mass is 456 g/mol. The number of carbonyl (C=O) groups excluding carboxylic acids is 3. The second kappa shape index (κ2) is 12.8. The van der Waals surface area contributed by atoms with Crippen LogP contribution in [0, 0.1) is 11.8 Å². The summed E-state index contributed by atoms with van der Waals surface area (Å²) in [5, 5.41) is 23.4. The maximum Gasteiger partial charge on any atom is 0.268 e. The highest BCUT2D eigenvalue weighted by molar-refractivity contribution is 5.98. The predicted molar refractivity (Wildman–Crippen MR) is 123 cm³/mol. The van der Waals surface area contributed by atoms with Gasteiger partial charge in [0.25, 0.3) is 11.8 Å². The molecule has 0 heterocycles. The van der Waals surface area contributed by atoms with E-state index in [1.54, 1.807) is 30.3 Å². The summed E-state index contributed by atoms with van der Waals surface area (Å²) >= 11 is 0. The van der Waals surface area contributed by atoms with E-state index in [1.807, 2.05) is 0 Å². The van der Waals surface area contributed by atoms with Crippen LogP contribution in [0.1, 0.15) is 35.8 Å². The molecule has 10 heteroatoms. The molecule has 0 aliphatic rings. The second-order valence-electron chi connectivity index (χ2n) is 6.66. The van der Waals surface area contributed by atoms with Crippen LogP contribution in [0.25, 0.3) is 0 Å². The van der Waals surface area contributed by atoms with Crippen LogP contribution >= 0.6 is 0 Å². The molecule has 0 aromatic heterocycles. The van der Waals surface area contributed by atoms with Crippen LogP contribution in [-0.2, 0) is 9.59 Å². The Kier molecular flexibility index (Phi) is 10.5. The van der Waals surface area contributed by atoms with Crippen LogP contribution in [-0.4, -0.2) is 53.8 Å². The molecule has 10 nitrogen and oxygen atoms in total. The zero-order chi connectivity index (χ0) is 23.7. The number of hydroxylamine groups is 1. The zero-order valence-corrected chi connectivity index (χ0v) is 17.5. The van der Waals surface area contributed by atoms with Crippen LogP contribution < -0.4 is 26.6 Å². The quantitative estimate of drug-likeness (QED) is 0.202. The molecule has 0 aliphatic carbocycles. The molecule has 7 N–H and O–H groups in total. The van der Waals surface area contributed by atoms with Crippen LogP contribution in [0.5, 0.6) is 5.75 Å². The Morgan fingerprint density at radius 2 is 1.79 bits per heavy atom. The van der Waals surface area contributed by atoms with Gasteiger partial charge in [-0.15, -0.1) is 0 Å². The van der Waals surface area contributed by atoms with Gasteiger partial charge in [-0.2, -0.15) is 0 Å². The van der Waals surface area contributed by atoms with E-state index in [2.05, 4.69) is 22.5 Å². The average Bonchev–Trinajstić information content (AvgIpc) is 2.80. The Morgan fingerprint density at radius 3 is 2.33 bits per heavy atom. The van der Waals surface area contributed by atoms with Gasteiger partial charge in [-0.1, -0.05) is 19.3 Å². The van der Waals surface area contributed by atoms with Crippen LogP contribution in [0.15, 0.2) is 42.5 Å².